The fraction of sp³-hybridized carbons (Fsp3) is 0.0556. The normalized spacial score (nSPS) is 17.8. The monoisotopic (exact) mass is 962 g/mol. The van der Waals surface area contributed by atoms with Crippen LogP contribution in [0.4, 0.5) is 0 Å². The number of rotatable bonds is 4. The van der Waals surface area contributed by atoms with Crippen LogP contribution in [0.1, 0.15) is 61.6 Å². The maximum absolute atomic E-state index is 10.3. The smallest absolute Gasteiger partial charge is 0.160 e. The molecule has 3 unspecified atom stereocenters. The Labute approximate surface area is 440 Å². The average molecular weight is 963 g/mol. The zero-order valence-corrected chi connectivity index (χ0v) is 41.0. The van der Waals surface area contributed by atoms with E-state index in [2.05, 4.69) is 206 Å². The molecular weight excluding hydrogens is 921 g/mol. The van der Waals surface area contributed by atoms with Crippen LogP contribution in [0.5, 0.6) is 0 Å². The van der Waals surface area contributed by atoms with E-state index in [0.717, 1.165) is 44.3 Å². The summed E-state index contributed by atoms with van der Waals surface area (Å²) in [5.74, 6) is 0.903. The molecule has 4 heteroatoms. The molecule has 5 aliphatic rings. The standard InChI is InChI=1S/C72H42N4/c73-41-43-15-13-17-47(35-43)68-59-38-49(45-31-33-56-54-23-5-11-29-64(54)71(66(56)39-45)60-25-7-1-19-50(60)51-20-2-8-26-61(51)71)37-58(69(59)76-70(75-68)48-18-14-16-44(36-48)42-74)46-32-34-57-55-24-6-12-30-65(55)72(67(57)40-46)62-27-9-3-21-52(62)53-22-4-10-28-63(53)72/h1-40,52,62H. The van der Waals surface area contributed by atoms with Gasteiger partial charge in [-0.15, -0.1) is 0 Å². The summed E-state index contributed by atoms with van der Waals surface area (Å²) in [6.07, 6.45) is 9.28. The summed E-state index contributed by atoms with van der Waals surface area (Å²) in [5, 5.41) is 21.3. The highest BCUT2D eigenvalue weighted by molar-refractivity contribution is 6.06. The predicted molar refractivity (Wildman–Crippen MR) is 303 cm³/mol. The van der Waals surface area contributed by atoms with Crippen molar-refractivity contribution >= 4 is 10.9 Å². The highest BCUT2D eigenvalue weighted by Gasteiger charge is 2.57. The Kier molecular flexibility index (Phi) is 8.81. The van der Waals surface area contributed by atoms with Crippen LogP contribution in [0.2, 0.25) is 0 Å². The van der Waals surface area contributed by atoms with Gasteiger partial charge >= 0.3 is 0 Å². The molecule has 1 aromatic heterocycles. The zero-order chi connectivity index (χ0) is 50.3. The molecule has 4 nitrogen and oxygen atoms in total. The molecule has 10 aromatic carbocycles. The lowest BCUT2D eigenvalue weighted by Gasteiger charge is -2.36. The van der Waals surface area contributed by atoms with E-state index in [1.165, 1.54) is 77.9 Å². The summed E-state index contributed by atoms with van der Waals surface area (Å²) >= 11 is 0. The Morgan fingerprint density at radius 3 is 1.59 bits per heavy atom. The fourth-order valence-corrected chi connectivity index (χ4v) is 14.5. The molecule has 0 amide bonds. The van der Waals surface area contributed by atoms with E-state index in [1.807, 2.05) is 48.5 Å². The number of hydrogen-bond acceptors (Lipinski definition) is 4. The van der Waals surface area contributed by atoms with Crippen LogP contribution in [-0.4, -0.2) is 9.97 Å². The van der Waals surface area contributed by atoms with Gasteiger partial charge in [0.2, 0.25) is 0 Å². The molecular formula is C72H42N4. The summed E-state index contributed by atoms with van der Waals surface area (Å²) in [4.78, 5) is 11.0. The van der Waals surface area contributed by atoms with E-state index in [9.17, 15) is 10.5 Å². The van der Waals surface area contributed by atoms with Gasteiger partial charge in [0.05, 0.1) is 45.3 Å². The minimum absolute atomic E-state index is 0.171. The summed E-state index contributed by atoms with van der Waals surface area (Å²) in [5.41, 5.74) is 25.3. The van der Waals surface area contributed by atoms with Crippen LogP contribution >= 0.6 is 0 Å². The Hall–Kier alpha value is -10.0. The van der Waals surface area contributed by atoms with Crippen molar-refractivity contribution in [3.05, 3.63) is 298 Å². The molecule has 2 spiro atoms. The molecule has 5 aliphatic carbocycles. The number of nitrogens with zero attached hydrogens (tertiary/aromatic N) is 4. The van der Waals surface area contributed by atoms with Crippen molar-refractivity contribution in [3.8, 4) is 90.4 Å². The predicted octanol–water partition coefficient (Wildman–Crippen LogP) is 16.5. The fourth-order valence-electron chi connectivity index (χ4n) is 14.5. The molecule has 76 heavy (non-hydrogen) atoms. The molecule has 0 aliphatic heterocycles. The van der Waals surface area contributed by atoms with Crippen LogP contribution in [-0.2, 0) is 10.8 Å². The summed E-state index contributed by atoms with van der Waals surface area (Å²) < 4.78 is 0. The van der Waals surface area contributed by atoms with Crippen molar-refractivity contribution in [3.63, 3.8) is 0 Å². The molecule has 0 fully saturated rings. The van der Waals surface area contributed by atoms with Gasteiger partial charge in [-0.25, -0.2) is 9.97 Å². The quantitative estimate of drug-likeness (QED) is 0.176. The van der Waals surface area contributed by atoms with Gasteiger partial charge < -0.3 is 0 Å². The topological polar surface area (TPSA) is 73.4 Å². The number of benzene rings is 10. The van der Waals surface area contributed by atoms with Crippen LogP contribution < -0.4 is 0 Å². The molecule has 0 radical (unpaired) electrons. The Bertz CT molecular complexity index is 4480. The minimum Gasteiger partial charge on any atom is -0.227 e. The van der Waals surface area contributed by atoms with Crippen LogP contribution in [0.3, 0.4) is 0 Å². The van der Waals surface area contributed by atoms with E-state index in [0.29, 0.717) is 22.6 Å². The highest BCUT2D eigenvalue weighted by Crippen LogP contribution is 2.66. The second-order valence-electron chi connectivity index (χ2n) is 20.9. The van der Waals surface area contributed by atoms with E-state index in [4.69, 9.17) is 9.97 Å². The largest absolute Gasteiger partial charge is 0.227 e. The van der Waals surface area contributed by atoms with Gasteiger partial charge in [-0.05, 0) is 143 Å². The first-order valence-electron chi connectivity index (χ1n) is 26.1. The number of allylic oxidation sites excluding steroid dienone is 4. The maximum Gasteiger partial charge on any atom is 0.160 e. The third kappa shape index (κ3) is 5.55. The second-order valence-corrected chi connectivity index (χ2v) is 20.9. The van der Waals surface area contributed by atoms with Crippen LogP contribution in [0.25, 0.3) is 89.2 Å². The average Bonchev–Trinajstić information content (AvgIpc) is 4.27. The van der Waals surface area contributed by atoms with Gasteiger partial charge in [0, 0.05) is 33.9 Å². The number of fused-ring (bicyclic) bond motifs is 21. The Morgan fingerprint density at radius 1 is 0.368 bits per heavy atom. The van der Waals surface area contributed by atoms with Crippen molar-refractivity contribution in [1.29, 1.82) is 10.5 Å². The number of aromatic nitrogens is 2. The van der Waals surface area contributed by atoms with Crippen LogP contribution in [0, 0.1) is 28.6 Å². The Balaban J connectivity index is 1.00. The van der Waals surface area contributed by atoms with Crippen molar-refractivity contribution in [2.24, 2.45) is 5.92 Å². The third-order valence-electron chi connectivity index (χ3n) is 17.4. The summed E-state index contributed by atoms with van der Waals surface area (Å²) in [6.45, 7) is 0. The van der Waals surface area contributed by atoms with Gasteiger partial charge in [-0.2, -0.15) is 10.5 Å². The molecule has 0 saturated heterocycles. The minimum atomic E-state index is -0.519. The van der Waals surface area contributed by atoms with Crippen molar-refractivity contribution in [2.45, 2.75) is 16.7 Å². The van der Waals surface area contributed by atoms with Gasteiger partial charge in [-0.1, -0.05) is 194 Å². The van der Waals surface area contributed by atoms with E-state index in [-0.39, 0.29) is 11.8 Å². The van der Waals surface area contributed by atoms with Gasteiger partial charge in [-0.3, -0.25) is 0 Å². The molecule has 11 aromatic rings. The lowest BCUT2D eigenvalue weighted by atomic mass is 9.65. The van der Waals surface area contributed by atoms with Crippen molar-refractivity contribution < 1.29 is 0 Å². The molecule has 3 atom stereocenters. The van der Waals surface area contributed by atoms with Gasteiger partial charge in [0.1, 0.15) is 0 Å². The maximum atomic E-state index is 10.3. The number of hydrogen-bond donors (Lipinski definition) is 0. The van der Waals surface area contributed by atoms with Crippen LogP contribution in [0.15, 0.2) is 243 Å². The first kappa shape index (κ1) is 42.5. The molecule has 1 heterocycles. The zero-order valence-electron chi connectivity index (χ0n) is 41.0. The molecule has 0 saturated carbocycles. The first-order valence-corrected chi connectivity index (χ1v) is 26.1. The lowest BCUT2D eigenvalue weighted by molar-refractivity contribution is 0.465. The summed E-state index contributed by atoms with van der Waals surface area (Å²) in [7, 11) is 0. The second kappa shape index (κ2) is 15.8. The SMILES string of the molecule is N#Cc1cccc(-c2nc(-c3cccc(C#N)c3)c3cc(-c4ccc5c(c4)C4(c6ccccc6-c6ccccc64)c4ccccc4-5)cc(-c4ccc5c(c4)C4(c6ccccc6-5)c5ccccc5C5C=CC=CC54)c3n2)c1. The molecule has 350 valence electrons. The molecule has 0 N–H and O–H groups in total. The summed E-state index contributed by atoms with van der Waals surface area (Å²) in [6, 6.07) is 83.7. The highest BCUT2D eigenvalue weighted by atomic mass is 14.9. The lowest BCUT2D eigenvalue weighted by Crippen LogP contribution is -2.33. The van der Waals surface area contributed by atoms with Crippen molar-refractivity contribution in [1.82, 2.24) is 9.97 Å². The molecule has 16 rings (SSSR count). The van der Waals surface area contributed by atoms with E-state index < -0.39 is 10.8 Å². The van der Waals surface area contributed by atoms with Crippen molar-refractivity contribution in [2.75, 3.05) is 0 Å². The Morgan fingerprint density at radius 2 is 0.908 bits per heavy atom. The van der Waals surface area contributed by atoms with Gasteiger partial charge in [0.15, 0.2) is 5.82 Å². The van der Waals surface area contributed by atoms with E-state index in [1.54, 1.807) is 0 Å². The first-order chi connectivity index (χ1) is 37.6. The third-order valence-corrected chi connectivity index (χ3v) is 17.4. The number of nitriles is 2. The molecule has 0 bridgehead atoms. The van der Waals surface area contributed by atoms with E-state index >= 15 is 0 Å². The van der Waals surface area contributed by atoms with Gasteiger partial charge in [0.25, 0.3) is 0 Å².